The zero-order valence-electron chi connectivity index (χ0n) is 11.3. The molecule has 0 saturated carbocycles. The van der Waals surface area contributed by atoms with Crippen molar-refractivity contribution in [3.05, 3.63) is 0 Å². The number of hydrogen-bond donors (Lipinski definition) is 1. The van der Waals surface area contributed by atoms with Crippen LogP contribution in [0.2, 0.25) is 0 Å². The minimum atomic E-state index is -0.437. The Balaban J connectivity index is 2.34. The summed E-state index contributed by atoms with van der Waals surface area (Å²) < 4.78 is 5.31. The molecule has 1 N–H and O–H groups in total. The third-order valence-electron chi connectivity index (χ3n) is 2.55. The lowest BCUT2D eigenvalue weighted by atomic mass is 10.2. The molecule has 1 rings (SSSR count). The number of nitrogens with zero attached hydrogens (tertiary/aromatic N) is 2. The molecule has 0 bridgehead atoms. The number of aliphatic hydroxyl groups is 1. The van der Waals surface area contributed by atoms with Crippen molar-refractivity contribution in [1.29, 1.82) is 0 Å². The highest BCUT2D eigenvalue weighted by atomic mass is 16.6. The molecule has 1 heterocycles. The van der Waals surface area contributed by atoms with Crippen molar-refractivity contribution in [1.82, 2.24) is 9.80 Å². The standard InChI is InChI=1S/C12H24N2O3/c1-10(15)9-13-5-7-14(8-6-13)11(16)17-12(2,3)4/h10,15H,5-9H2,1-4H3/t10-/m0/s1. The van der Waals surface area contributed by atoms with Gasteiger partial charge in [-0.1, -0.05) is 0 Å². The summed E-state index contributed by atoms with van der Waals surface area (Å²) >= 11 is 0. The smallest absolute Gasteiger partial charge is 0.410 e. The molecule has 0 aliphatic carbocycles. The molecule has 0 spiro atoms. The Hall–Kier alpha value is -0.810. The summed E-state index contributed by atoms with van der Waals surface area (Å²) in [5.41, 5.74) is -0.437. The largest absolute Gasteiger partial charge is 0.444 e. The first-order valence-electron chi connectivity index (χ1n) is 6.16. The summed E-state index contributed by atoms with van der Waals surface area (Å²) in [5, 5.41) is 9.29. The highest BCUT2D eigenvalue weighted by molar-refractivity contribution is 5.68. The number of aliphatic hydroxyl groups excluding tert-OH is 1. The van der Waals surface area contributed by atoms with Crippen LogP contribution in [0.1, 0.15) is 27.7 Å². The first-order valence-corrected chi connectivity index (χ1v) is 6.16. The highest BCUT2D eigenvalue weighted by Crippen LogP contribution is 2.11. The van der Waals surface area contributed by atoms with Gasteiger partial charge in [-0.05, 0) is 27.7 Å². The van der Waals surface area contributed by atoms with Crippen molar-refractivity contribution >= 4 is 6.09 Å². The van der Waals surface area contributed by atoms with Crippen molar-refractivity contribution in [2.24, 2.45) is 0 Å². The van der Waals surface area contributed by atoms with E-state index < -0.39 is 5.60 Å². The molecule has 17 heavy (non-hydrogen) atoms. The lowest BCUT2D eigenvalue weighted by Gasteiger charge is -2.35. The van der Waals surface area contributed by atoms with E-state index in [0.29, 0.717) is 19.6 Å². The fourth-order valence-electron chi connectivity index (χ4n) is 1.81. The third kappa shape index (κ3) is 5.37. The van der Waals surface area contributed by atoms with Crippen molar-refractivity contribution in [3.63, 3.8) is 0 Å². The maximum Gasteiger partial charge on any atom is 0.410 e. The molecule has 1 amide bonds. The number of β-amino-alcohol motifs (C(OH)–C–C–N with tert-alkyl or cyclic N) is 1. The van der Waals surface area contributed by atoms with E-state index in [9.17, 15) is 9.90 Å². The second-order valence-corrected chi connectivity index (χ2v) is 5.62. The van der Waals surface area contributed by atoms with Crippen LogP contribution in [-0.4, -0.2) is 65.4 Å². The molecule has 0 radical (unpaired) electrons. The van der Waals surface area contributed by atoms with E-state index in [-0.39, 0.29) is 12.2 Å². The van der Waals surface area contributed by atoms with Gasteiger partial charge in [-0.2, -0.15) is 0 Å². The van der Waals surface area contributed by atoms with Crippen LogP contribution < -0.4 is 0 Å². The third-order valence-corrected chi connectivity index (χ3v) is 2.55. The number of amides is 1. The normalized spacial score (nSPS) is 20.2. The van der Waals surface area contributed by atoms with Gasteiger partial charge in [0.25, 0.3) is 0 Å². The predicted molar refractivity (Wildman–Crippen MR) is 65.9 cm³/mol. The number of hydrogen-bond acceptors (Lipinski definition) is 4. The summed E-state index contributed by atoms with van der Waals surface area (Å²) in [7, 11) is 0. The molecule has 100 valence electrons. The molecule has 1 atom stereocenters. The fourth-order valence-corrected chi connectivity index (χ4v) is 1.81. The topological polar surface area (TPSA) is 53.0 Å². The van der Waals surface area contributed by atoms with Crippen molar-refractivity contribution in [3.8, 4) is 0 Å². The van der Waals surface area contributed by atoms with Crippen LogP contribution in [0.25, 0.3) is 0 Å². The second kappa shape index (κ2) is 5.69. The second-order valence-electron chi connectivity index (χ2n) is 5.62. The SMILES string of the molecule is C[C@H](O)CN1CCN(C(=O)OC(C)(C)C)CC1. The van der Waals surface area contributed by atoms with Gasteiger partial charge in [0.1, 0.15) is 5.60 Å². The van der Waals surface area contributed by atoms with Crippen molar-refractivity contribution in [2.45, 2.75) is 39.4 Å². The van der Waals surface area contributed by atoms with Gasteiger partial charge in [0.05, 0.1) is 6.10 Å². The lowest BCUT2D eigenvalue weighted by molar-refractivity contribution is 0.0110. The zero-order chi connectivity index (χ0) is 13.1. The Morgan fingerprint density at radius 2 is 1.82 bits per heavy atom. The molecule has 0 aromatic rings. The number of piperazine rings is 1. The Bertz CT molecular complexity index is 253. The monoisotopic (exact) mass is 244 g/mol. The molecule has 1 saturated heterocycles. The van der Waals surface area contributed by atoms with Crippen molar-refractivity contribution < 1.29 is 14.6 Å². The van der Waals surface area contributed by atoms with E-state index in [2.05, 4.69) is 4.90 Å². The lowest BCUT2D eigenvalue weighted by Crippen LogP contribution is -2.51. The summed E-state index contributed by atoms with van der Waals surface area (Å²) in [6, 6.07) is 0. The highest BCUT2D eigenvalue weighted by Gasteiger charge is 2.25. The van der Waals surface area contributed by atoms with Crippen LogP contribution in [0.4, 0.5) is 4.79 Å². The summed E-state index contributed by atoms with van der Waals surface area (Å²) in [4.78, 5) is 15.7. The Morgan fingerprint density at radius 1 is 1.29 bits per heavy atom. The minimum Gasteiger partial charge on any atom is -0.444 e. The van der Waals surface area contributed by atoms with Gasteiger partial charge in [0.15, 0.2) is 0 Å². The molecule has 0 aromatic heterocycles. The Labute approximate surface area is 103 Å². The van der Waals surface area contributed by atoms with Gasteiger partial charge < -0.3 is 14.7 Å². The Kier molecular flexibility index (Phi) is 4.77. The van der Waals surface area contributed by atoms with Crippen LogP contribution in [0.5, 0.6) is 0 Å². The number of ether oxygens (including phenoxy) is 1. The van der Waals surface area contributed by atoms with Gasteiger partial charge >= 0.3 is 6.09 Å². The zero-order valence-corrected chi connectivity index (χ0v) is 11.3. The summed E-state index contributed by atoms with van der Waals surface area (Å²) in [5.74, 6) is 0. The van der Waals surface area contributed by atoms with E-state index in [1.807, 2.05) is 20.8 Å². The Morgan fingerprint density at radius 3 is 2.24 bits per heavy atom. The average Bonchev–Trinajstić information content (AvgIpc) is 2.15. The average molecular weight is 244 g/mol. The van der Waals surface area contributed by atoms with Crippen LogP contribution in [0.15, 0.2) is 0 Å². The maximum atomic E-state index is 11.8. The van der Waals surface area contributed by atoms with Crippen LogP contribution in [0.3, 0.4) is 0 Å². The van der Waals surface area contributed by atoms with Gasteiger partial charge in [0.2, 0.25) is 0 Å². The van der Waals surface area contributed by atoms with Crippen LogP contribution in [0, 0.1) is 0 Å². The maximum absolute atomic E-state index is 11.8. The van der Waals surface area contributed by atoms with Gasteiger partial charge in [0, 0.05) is 32.7 Å². The molecule has 1 aliphatic heterocycles. The summed E-state index contributed by atoms with van der Waals surface area (Å²) in [6.07, 6.45) is -0.558. The van der Waals surface area contributed by atoms with Crippen LogP contribution in [-0.2, 0) is 4.74 Å². The van der Waals surface area contributed by atoms with Crippen LogP contribution >= 0.6 is 0 Å². The van der Waals surface area contributed by atoms with Gasteiger partial charge in [-0.15, -0.1) is 0 Å². The molecule has 5 heteroatoms. The van der Waals surface area contributed by atoms with Gasteiger partial charge in [-0.25, -0.2) is 4.79 Å². The fraction of sp³-hybridized carbons (Fsp3) is 0.917. The van der Waals surface area contributed by atoms with E-state index in [4.69, 9.17) is 4.74 Å². The molecule has 1 aliphatic rings. The quantitative estimate of drug-likeness (QED) is 0.785. The van der Waals surface area contributed by atoms with E-state index in [1.54, 1.807) is 11.8 Å². The molecular formula is C12H24N2O3. The number of carbonyl (C=O) groups is 1. The van der Waals surface area contributed by atoms with Gasteiger partial charge in [-0.3, -0.25) is 4.90 Å². The molecule has 0 unspecified atom stereocenters. The van der Waals surface area contributed by atoms with Crippen molar-refractivity contribution in [2.75, 3.05) is 32.7 Å². The van der Waals surface area contributed by atoms with E-state index in [1.165, 1.54) is 0 Å². The first kappa shape index (κ1) is 14.3. The minimum absolute atomic E-state index is 0.241. The molecule has 0 aromatic carbocycles. The van der Waals surface area contributed by atoms with E-state index >= 15 is 0 Å². The van der Waals surface area contributed by atoms with E-state index in [0.717, 1.165) is 13.1 Å². The first-order chi connectivity index (χ1) is 7.78. The predicted octanol–water partition coefficient (Wildman–Crippen LogP) is 0.920. The number of rotatable bonds is 2. The number of carbonyl (C=O) groups excluding carboxylic acids is 1. The molecule has 1 fully saturated rings. The summed E-state index contributed by atoms with van der Waals surface area (Å²) in [6.45, 7) is 11.0. The molecule has 5 nitrogen and oxygen atoms in total. The molecular weight excluding hydrogens is 220 g/mol.